The van der Waals surface area contributed by atoms with Crippen LogP contribution in [0.1, 0.15) is 25.6 Å². The van der Waals surface area contributed by atoms with E-state index in [1.807, 2.05) is 26.8 Å². The van der Waals surface area contributed by atoms with E-state index in [0.717, 1.165) is 49.6 Å². The minimum absolute atomic E-state index is 0.371. The van der Waals surface area contributed by atoms with Crippen LogP contribution in [0.15, 0.2) is 17.1 Å². The van der Waals surface area contributed by atoms with Gasteiger partial charge in [-0.05, 0) is 32.9 Å². The molecule has 154 valence electrons. The van der Waals surface area contributed by atoms with Crippen molar-refractivity contribution in [2.45, 2.75) is 32.9 Å². The maximum absolute atomic E-state index is 11.5. The number of piperazine rings is 1. The molecule has 1 saturated heterocycles. The highest BCUT2D eigenvalue weighted by atomic mass is 35.5. The zero-order valence-corrected chi connectivity index (χ0v) is 18.8. The average molecular weight is 436 g/mol. The smallest absolute Gasteiger partial charge is 0.209 e. The Bertz CT molecular complexity index is 740. The highest BCUT2D eigenvalue weighted by Gasteiger charge is 2.24. The number of aliphatic imine (C=N–C) groups is 1. The van der Waals surface area contributed by atoms with Crippen LogP contribution >= 0.6 is 22.9 Å². The summed E-state index contributed by atoms with van der Waals surface area (Å²) in [5, 5.41) is 3.32. The molecule has 0 aromatic carbocycles. The summed E-state index contributed by atoms with van der Waals surface area (Å²) in [6.07, 6.45) is 1.17. The van der Waals surface area contributed by atoms with Crippen LogP contribution in [-0.4, -0.2) is 75.2 Å². The van der Waals surface area contributed by atoms with Crippen molar-refractivity contribution in [3.8, 4) is 0 Å². The maximum Gasteiger partial charge on any atom is 0.209 e. The number of hydrogen-bond acceptors (Lipinski definition) is 5. The third-order valence-electron chi connectivity index (χ3n) is 4.10. The number of rotatable bonds is 7. The van der Waals surface area contributed by atoms with Gasteiger partial charge in [-0.25, -0.2) is 13.1 Å². The van der Waals surface area contributed by atoms with E-state index in [2.05, 4.69) is 30.9 Å². The molecule has 0 spiro atoms. The monoisotopic (exact) mass is 435 g/mol. The molecule has 0 saturated carbocycles. The molecule has 0 bridgehead atoms. The van der Waals surface area contributed by atoms with Crippen LogP contribution in [0.25, 0.3) is 0 Å². The number of sulfonamides is 1. The van der Waals surface area contributed by atoms with Crippen molar-refractivity contribution in [2.75, 3.05) is 45.5 Å². The van der Waals surface area contributed by atoms with Crippen LogP contribution in [0.2, 0.25) is 4.34 Å². The molecule has 1 aliphatic rings. The fourth-order valence-corrected chi connectivity index (χ4v) is 5.21. The van der Waals surface area contributed by atoms with Crippen LogP contribution < -0.4 is 10.0 Å². The van der Waals surface area contributed by atoms with E-state index in [1.165, 1.54) is 11.1 Å². The minimum Gasteiger partial charge on any atom is -0.357 e. The van der Waals surface area contributed by atoms with Gasteiger partial charge in [0.2, 0.25) is 10.0 Å². The van der Waals surface area contributed by atoms with E-state index in [9.17, 15) is 8.42 Å². The lowest BCUT2D eigenvalue weighted by Crippen LogP contribution is -2.53. The first kappa shape index (κ1) is 22.4. The molecule has 2 N–H and O–H groups in total. The third kappa shape index (κ3) is 7.95. The van der Waals surface area contributed by atoms with Crippen LogP contribution in [0.3, 0.4) is 0 Å². The summed E-state index contributed by atoms with van der Waals surface area (Å²) in [5.41, 5.74) is -0.630. The van der Waals surface area contributed by atoms with Gasteiger partial charge in [0, 0.05) is 49.7 Å². The summed E-state index contributed by atoms with van der Waals surface area (Å²) in [5.74, 6) is 0.833. The third-order valence-corrected chi connectivity index (χ3v) is 6.24. The summed E-state index contributed by atoms with van der Waals surface area (Å²) < 4.78 is 26.5. The number of thiophene rings is 1. The van der Waals surface area contributed by atoms with Crippen LogP contribution in [0.5, 0.6) is 0 Å². The molecule has 1 fully saturated rings. The van der Waals surface area contributed by atoms with Crippen molar-refractivity contribution in [1.82, 2.24) is 19.8 Å². The fourth-order valence-electron chi connectivity index (χ4n) is 3.01. The summed E-state index contributed by atoms with van der Waals surface area (Å²) in [4.78, 5) is 10.6. The van der Waals surface area contributed by atoms with Crippen LogP contribution in [-0.2, 0) is 16.6 Å². The zero-order chi connectivity index (χ0) is 20.1. The quantitative estimate of drug-likeness (QED) is 0.504. The summed E-state index contributed by atoms with van der Waals surface area (Å²) >= 11 is 7.64. The summed E-state index contributed by atoms with van der Waals surface area (Å²) in [7, 11) is -3.27. The molecule has 0 radical (unpaired) electrons. The second-order valence-electron chi connectivity index (χ2n) is 7.40. The number of nitrogens with zero attached hydrogens (tertiary/aromatic N) is 3. The van der Waals surface area contributed by atoms with Crippen molar-refractivity contribution in [1.29, 1.82) is 0 Å². The first-order valence-electron chi connectivity index (χ1n) is 9.07. The van der Waals surface area contributed by atoms with E-state index < -0.39 is 15.6 Å². The normalized spacial score (nSPS) is 17.4. The Balaban J connectivity index is 1.93. The van der Waals surface area contributed by atoms with Gasteiger partial charge in [-0.15, -0.1) is 11.3 Å². The van der Waals surface area contributed by atoms with Crippen molar-refractivity contribution in [3.63, 3.8) is 0 Å². The second-order valence-corrected chi connectivity index (χ2v) is 10.9. The molecule has 0 amide bonds. The number of guanidine groups is 1. The Kier molecular flexibility index (Phi) is 7.94. The molecule has 27 heavy (non-hydrogen) atoms. The molecule has 0 unspecified atom stereocenters. The zero-order valence-electron chi connectivity index (χ0n) is 16.5. The second kappa shape index (κ2) is 9.56. The molecule has 1 aromatic heterocycles. The molecule has 2 heterocycles. The van der Waals surface area contributed by atoms with E-state index in [0.29, 0.717) is 6.54 Å². The van der Waals surface area contributed by atoms with Gasteiger partial charge in [0.15, 0.2) is 5.96 Å². The first-order valence-corrected chi connectivity index (χ1v) is 12.2. The SMILES string of the molecule is CCNC(=NCC(C)(C)NS(C)(=O)=O)N1CCN(Cc2ccc(Cl)s2)CC1. The van der Waals surface area contributed by atoms with Crippen LogP contribution in [0, 0.1) is 0 Å². The van der Waals surface area contributed by atoms with Gasteiger partial charge in [0.05, 0.1) is 17.1 Å². The number of hydrogen-bond donors (Lipinski definition) is 2. The van der Waals surface area contributed by atoms with E-state index in [-0.39, 0.29) is 0 Å². The molecule has 7 nitrogen and oxygen atoms in total. The lowest BCUT2D eigenvalue weighted by atomic mass is 10.1. The lowest BCUT2D eigenvalue weighted by Gasteiger charge is -2.36. The molecule has 0 atom stereocenters. The highest BCUT2D eigenvalue weighted by Crippen LogP contribution is 2.23. The predicted octanol–water partition coefficient (Wildman–Crippen LogP) is 1.81. The van der Waals surface area contributed by atoms with Crippen molar-refractivity contribution >= 4 is 38.9 Å². The van der Waals surface area contributed by atoms with Crippen molar-refractivity contribution < 1.29 is 8.42 Å². The van der Waals surface area contributed by atoms with Gasteiger partial charge in [-0.3, -0.25) is 9.89 Å². The summed E-state index contributed by atoms with van der Waals surface area (Å²) in [6.45, 7) is 11.4. The molecule has 2 rings (SSSR count). The van der Waals surface area contributed by atoms with Gasteiger partial charge in [0.1, 0.15) is 0 Å². The predicted molar refractivity (Wildman–Crippen MR) is 114 cm³/mol. The molecule has 10 heteroatoms. The maximum atomic E-state index is 11.5. The molecular weight excluding hydrogens is 406 g/mol. The Morgan fingerprint density at radius 3 is 2.48 bits per heavy atom. The first-order chi connectivity index (χ1) is 12.6. The van der Waals surface area contributed by atoms with Crippen LogP contribution in [0.4, 0.5) is 0 Å². The van der Waals surface area contributed by atoms with Gasteiger partial charge in [-0.2, -0.15) is 0 Å². The van der Waals surface area contributed by atoms with Gasteiger partial charge < -0.3 is 10.2 Å². The number of nitrogens with one attached hydrogen (secondary N) is 2. The van der Waals surface area contributed by atoms with E-state index in [1.54, 1.807) is 11.3 Å². The summed E-state index contributed by atoms with van der Waals surface area (Å²) in [6, 6.07) is 4.03. The fraction of sp³-hybridized carbons (Fsp3) is 0.706. The topological polar surface area (TPSA) is 77.0 Å². The Morgan fingerprint density at radius 1 is 1.30 bits per heavy atom. The van der Waals surface area contributed by atoms with Gasteiger partial charge in [0.25, 0.3) is 0 Å². The van der Waals surface area contributed by atoms with Crippen molar-refractivity contribution in [3.05, 3.63) is 21.3 Å². The Morgan fingerprint density at radius 2 is 1.96 bits per heavy atom. The van der Waals surface area contributed by atoms with E-state index in [4.69, 9.17) is 11.6 Å². The van der Waals surface area contributed by atoms with E-state index >= 15 is 0 Å². The lowest BCUT2D eigenvalue weighted by molar-refractivity contribution is 0.173. The van der Waals surface area contributed by atoms with Crippen molar-refractivity contribution in [2.24, 2.45) is 4.99 Å². The molecular formula is C17H30ClN5O2S2. The molecule has 1 aliphatic heterocycles. The van der Waals surface area contributed by atoms with Gasteiger partial charge >= 0.3 is 0 Å². The minimum atomic E-state index is -3.27. The standard InChI is InChI=1S/C17H30ClN5O2S2/c1-5-19-16(20-13-17(2,3)21-27(4,24)25)23-10-8-22(9-11-23)12-14-6-7-15(18)26-14/h6-7,21H,5,8-13H2,1-4H3,(H,19,20). The Hall–Kier alpha value is -0.870. The number of halogens is 1. The Labute approximate surface area is 171 Å². The molecule has 1 aromatic rings. The largest absolute Gasteiger partial charge is 0.357 e. The highest BCUT2D eigenvalue weighted by molar-refractivity contribution is 7.88. The van der Waals surface area contributed by atoms with Gasteiger partial charge in [-0.1, -0.05) is 11.6 Å². The average Bonchev–Trinajstić information content (AvgIpc) is 2.95. The molecule has 0 aliphatic carbocycles.